The molecule has 1 saturated heterocycles. The van der Waals surface area contributed by atoms with Crippen LogP contribution in [0.15, 0.2) is 24.3 Å². The lowest BCUT2D eigenvalue weighted by Gasteiger charge is -2.33. The predicted molar refractivity (Wildman–Crippen MR) is 75.1 cm³/mol. The van der Waals surface area contributed by atoms with E-state index in [4.69, 9.17) is 4.74 Å². The number of aldehydes is 1. The van der Waals surface area contributed by atoms with Crippen molar-refractivity contribution < 1.29 is 19.1 Å². The van der Waals surface area contributed by atoms with Crippen LogP contribution in [0, 0.1) is 0 Å². The summed E-state index contributed by atoms with van der Waals surface area (Å²) < 4.78 is 5.80. The number of carbonyl (C=O) groups excluding carboxylic acids is 3. The molecule has 0 bridgehead atoms. The number of Topliss-reactive ketones (excluding diaryl/α,β-unsaturated/α-hetero) is 1. The Morgan fingerprint density at radius 3 is 2.43 bits per heavy atom. The number of hydrogen-bond donors (Lipinski definition) is 1. The normalized spacial score (nSPS) is 25.9. The van der Waals surface area contributed by atoms with Gasteiger partial charge in [0.2, 0.25) is 5.91 Å². The molecule has 1 aromatic carbocycles. The lowest BCUT2D eigenvalue weighted by Crippen LogP contribution is -2.53. The summed E-state index contributed by atoms with van der Waals surface area (Å²) in [5.74, 6) is 1.17. The number of amides is 1. The molecule has 2 aliphatic rings. The fourth-order valence-corrected chi connectivity index (χ4v) is 2.73. The summed E-state index contributed by atoms with van der Waals surface area (Å²) in [4.78, 5) is 33.6. The zero-order valence-electron chi connectivity index (χ0n) is 11.6. The van der Waals surface area contributed by atoms with Crippen molar-refractivity contribution in [3.8, 4) is 5.75 Å². The molecule has 1 atom stereocenters. The first-order chi connectivity index (χ1) is 10.1. The maximum absolute atomic E-state index is 11.3. The van der Waals surface area contributed by atoms with Gasteiger partial charge in [0.1, 0.15) is 11.5 Å². The van der Waals surface area contributed by atoms with Gasteiger partial charge in [-0.05, 0) is 23.6 Å². The smallest absolute Gasteiger partial charge is 0.220 e. The molecule has 1 aliphatic carbocycles. The van der Waals surface area contributed by atoms with E-state index in [-0.39, 0.29) is 12.5 Å². The third kappa shape index (κ3) is 2.82. The van der Waals surface area contributed by atoms with E-state index in [1.54, 1.807) is 0 Å². The molecule has 1 unspecified atom stereocenters. The molecule has 5 nitrogen and oxygen atoms in total. The molecule has 1 aromatic rings. The third-order valence-corrected chi connectivity index (χ3v) is 4.20. The standard InChI is InChI=1S/C16H17NO4/c18-10-16(6-5-15(20)17-9-16)21-14-3-1-11(2-4-14)12-7-13(19)8-12/h1-4,10,12H,5-9H2,(H,17,20). The van der Waals surface area contributed by atoms with E-state index < -0.39 is 5.60 Å². The molecule has 0 aromatic heterocycles. The molecule has 5 heteroatoms. The summed E-state index contributed by atoms with van der Waals surface area (Å²) in [6.07, 6.45) is 2.68. The van der Waals surface area contributed by atoms with E-state index in [1.165, 1.54) is 0 Å². The average molecular weight is 287 g/mol. The fraction of sp³-hybridized carbons (Fsp3) is 0.438. The second-order valence-corrected chi connectivity index (χ2v) is 5.77. The number of carbonyl (C=O) groups is 3. The first-order valence-electron chi connectivity index (χ1n) is 7.14. The van der Waals surface area contributed by atoms with Crippen LogP contribution in [0.3, 0.4) is 0 Å². The quantitative estimate of drug-likeness (QED) is 0.849. The van der Waals surface area contributed by atoms with Gasteiger partial charge in [0, 0.05) is 25.7 Å². The number of ether oxygens (including phenoxy) is 1. The Morgan fingerprint density at radius 2 is 1.90 bits per heavy atom. The summed E-state index contributed by atoms with van der Waals surface area (Å²) in [6, 6.07) is 7.51. The minimum absolute atomic E-state index is 0.0546. The van der Waals surface area contributed by atoms with E-state index in [0.717, 1.165) is 11.8 Å². The van der Waals surface area contributed by atoms with Crippen LogP contribution in [0.4, 0.5) is 0 Å². The highest BCUT2D eigenvalue weighted by Crippen LogP contribution is 2.34. The molecule has 21 heavy (non-hydrogen) atoms. The first-order valence-corrected chi connectivity index (χ1v) is 7.14. The van der Waals surface area contributed by atoms with E-state index >= 15 is 0 Å². The summed E-state index contributed by atoms with van der Waals surface area (Å²) >= 11 is 0. The van der Waals surface area contributed by atoms with Crippen molar-refractivity contribution in [2.45, 2.75) is 37.2 Å². The molecule has 1 aliphatic heterocycles. The van der Waals surface area contributed by atoms with E-state index in [1.807, 2.05) is 24.3 Å². The summed E-state index contributed by atoms with van der Waals surface area (Å²) in [6.45, 7) is 0.203. The second-order valence-electron chi connectivity index (χ2n) is 5.77. The molecule has 1 saturated carbocycles. The number of ketones is 1. The van der Waals surface area contributed by atoms with Gasteiger partial charge in [0.05, 0.1) is 6.54 Å². The summed E-state index contributed by atoms with van der Waals surface area (Å²) in [5, 5.41) is 2.66. The molecule has 3 rings (SSSR count). The number of rotatable bonds is 4. The Labute approximate surface area is 122 Å². The first kappa shape index (κ1) is 13.8. The number of benzene rings is 1. The van der Waals surface area contributed by atoms with Crippen molar-refractivity contribution in [2.75, 3.05) is 6.54 Å². The SMILES string of the molecule is O=CC1(Oc2ccc(C3CC(=O)C3)cc2)CCC(=O)NC1. The minimum Gasteiger partial charge on any atom is -0.478 e. The second kappa shape index (κ2) is 5.31. The Hall–Kier alpha value is -2.17. The molecule has 0 radical (unpaired) electrons. The lowest BCUT2D eigenvalue weighted by atomic mass is 9.79. The van der Waals surface area contributed by atoms with Crippen LogP contribution in [0.2, 0.25) is 0 Å². The zero-order valence-corrected chi connectivity index (χ0v) is 11.6. The van der Waals surface area contributed by atoms with Crippen LogP contribution in [0.25, 0.3) is 0 Å². The van der Waals surface area contributed by atoms with Gasteiger partial charge < -0.3 is 10.1 Å². The van der Waals surface area contributed by atoms with Crippen LogP contribution < -0.4 is 10.1 Å². The summed E-state index contributed by atoms with van der Waals surface area (Å²) in [5.41, 5.74) is 0.154. The van der Waals surface area contributed by atoms with Crippen LogP contribution in [-0.2, 0) is 14.4 Å². The number of hydrogen-bond acceptors (Lipinski definition) is 4. The molecule has 110 valence electrons. The Morgan fingerprint density at radius 1 is 1.19 bits per heavy atom. The van der Waals surface area contributed by atoms with Crippen LogP contribution in [0.5, 0.6) is 5.75 Å². The van der Waals surface area contributed by atoms with Crippen LogP contribution in [-0.4, -0.2) is 30.1 Å². The Balaban J connectivity index is 1.67. The number of piperidine rings is 1. The van der Waals surface area contributed by atoms with Gasteiger partial charge in [-0.1, -0.05) is 12.1 Å². The van der Waals surface area contributed by atoms with Crippen molar-refractivity contribution in [1.82, 2.24) is 5.32 Å². The van der Waals surface area contributed by atoms with E-state index in [9.17, 15) is 14.4 Å². The molecule has 0 spiro atoms. The van der Waals surface area contributed by atoms with Gasteiger partial charge >= 0.3 is 0 Å². The Bertz CT molecular complexity index is 560. The molecular weight excluding hydrogens is 270 g/mol. The highest BCUT2D eigenvalue weighted by atomic mass is 16.5. The van der Waals surface area contributed by atoms with Crippen LogP contribution >= 0.6 is 0 Å². The average Bonchev–Trinajstić information content (AvgIpc) is 2.48. The van der Waals surface area contributed by atoms with Crippen LogP contribution in [0.1, 0.15) is 37.2 Å². The van der Waals surface area contributed by atoms with Crippen molar-refractivity contribution in [2.24, 2.45) is 0 Å². The van der Waals surface area contributed by atoms with Crippen molar-refractivity contribution in [1.29, 1.82) is 0 Å². The van der Waals surface area contributed by atoms with Gasteiger partial charge in [-0.3, -0.25) is 14.4 Å². The maximum Gasteiger partial charge on any atom is 0.220 e. The Kier molecular flexibility index (Phi) is 3.49. The van der Waals surface area contributed by atoms with Gasteiger partial charge in [-0.25, -0.2) is 0 Å². The molecular formula is C16H17NO4. The van der Waals surface area contributed by atoms with Crippen molar-refractivity contribution in [3.63, 3.8) is 0 Å². The molecule has 1 heterocycles. The lowest BCUT2D eigenvalue weighted by molar-refractivity contribution is -0.131. The topological polar surface area (TPSA) is 72.5 Å². The van der Waals surface area contributed by atoms with Crippen molar-refractivity contribution >= 4 is 18.0 Å². The monoisotopic (exact) mass is 287 g/mol. The summed E-state index contributed by atoms with van der Waals surface area (Å²) in [7, 11) is 0. The van der Waals surface area contributed by atoms with E-state index in [0.29, 0.717) is 43.1 Å². The van der Waals surface area contributed by atoms with Gasteiger partial charge in [0.25, 0.3) is 0 Å². The molecule has 1 N–H and O–H groups in total. The third-order valence-electron chi connectivity index (χ3n) is 4.20. The highest BCUT2D eigenvalue weighted by Gasteiger charge is 2.37. The minimum atomic E-state index is -0.970. The van der Waals surface area contributed by atoms with E-state index in [2.05, 4.69) is 5.32 Å². The fourth-order valence-electron chi connectivity index (χ4n) is 2.73. The van der Waals surface area contributed by atoms with Crippen molar-refractivity contribution in [3.05, 3.63) is 29.8 Å². The number of nitrogens with one attached hydrogen (secondary N) is 1. The van der Waals surface area contributed by atoms with Gasteiger partial charge in [-0.15, -0.1) is 0 Å². The van der Waals surface area contributed by atoms with Gasteiger partial charge in [-0.2, -0.15) is 0 Å². The maximum atomic E-state index is 11.3. The zero-order chi connectivity index (χ0) is 14.9. The molecule has 1 amide bonds. The van der Waals surface area contributed by atoms with Gasteiger partial charge in [0.15, 0.2) is 11.9 Å². The molecule has 2 fully saturated rings. The largest absolute Gasteiger partial charge is 0.478 e. The predicted octanol–water partition coefficient (Wildman–Crippen LogP) is 1.36. The highest BCUT2D eigenvalue weighted by molar-refractivity contribution is 5.86.